The van der Waals surface area contributed by atoms with E-state index < -0.39 is 0 Å². The molecule has 69 heavy (non-hydrogen) atoms. The summed E-state index contributed by atoms with van der Waals surface area (Å²) in [6.45, 7) is 0. The van der Waals surface area contributed by atoms with Crippen LogP contribution in [0.4, 0.5) is 17.1 Å². The highest BCUT2D eigenvalue weighted by atomic mass is 15.1. The van der Waals surface area contributed by atoms with Gasteiger partial charge in [-0.15, -0.1) is 0 Å². The van der Waals surface area contributed by atoms with Crippen molar-refractivity contribution in [2.45, 2.75) is 0 Å². The predicted molar refractivity (Wildman–Crippen MR) is 294 cm³/mol. The summed E-state index contributed by atoms with van der Waals surface area (Å²) in [5.74, 6) is 0. The Kier molecular flexibility index (Phi) is 11.0. The van der Waals surface area contributed by atoms with Gasteiger partial charge in [0.25, 0.3) is 0 Å². The zero-order chi connectivity index (χ0) is 45.9. The van der Waals surface area contributed by atoms with Crippen molar-refractivity contribution >= 4 is 38.6 Å². The molecule has 12 aromatic rings. The van der Waals surface area contributed by atoms with E-state index in [4.69, 9.17) is 0 Å². The van der Waals surface area contributed by atoms with Crippen molar-refractivity contribution < 1.29 is 0 Å². The third-order valence-corrected chi connectivity index (χ3v) is 13.5. The molecule has 0 bridgehead atoms. The molecule has 0 aliphatic rings. The number of hydrogen-bond donors (Lipinski definition) is 0. The molecule has 0 fully saturated rings. The second kappa shape index (κ2) is 18.3. The first-order valence-corrected chi connectivity index (χ1v) is 23.7. The van der Waals surface area contributed by atoms with Crippen LogP contribution < -0.4 is 4.90 Å². The first-order chi connectivity index (χ1) is 34.2. The molecule has 0 radical (unpaired) electrons. The molecule has 0 amide bonds. The number of benzene rings is 12. The number of anilines is 3. The van der Waals surface area contributed by atoms with Crippen molar-refractivity contribution in [2.24, 2.45) is 0 Å². The van der Waals surface area contributed by atoms with E-state index in [-0.39, 0.29) is 0 Å². The minimum atomic E-state index is 1.08. The third-order valence-electron chi connectivity index (χ3n) is 13.5. The van der Waals surface area contributed by atoms with Crippen LogP contribution in [-0.4, -0.2) is 0 Å². The van der Waals surface area contributed by atoms with E-state index in [1.807, 2.05) is 0 Å². The molecule has 0 unspecified atom stereocenters. The summed E-state index contributed by atoms with van der Waals surface area (Å²) in [7, 11) is 0. The zero-order valence-electron chi connectivity index (χ0n) is 38.1. The van der Waals surface area contributed by atoms with E-state index in [1.165, 1.54) is 93.9 Å². The second-order valence-corrected chi connectivity index (χ2v) is 17.7. The second-order valence-electron chi connectivity index (χ2n) is 17.7. The Balaban J connectivity index is 0.931. The number of nitrogens with zero attached hydrogens (tertiary/aromatic N) is 1. The molecular weight excluding hydrogens is 831 g/mol. The minimum absolute atomic E-state index is 1.08. The Bertz CT molecular complexity index is 3650. The Morgan fingerprint density at radius 2 is 0.536 bits per heavy atom. The predicted octanol–water partition coefficient (Wildman–Crippen LogP) is 19.1. The maximum absolute atomic E-state index is 2.37. The van der Waals surface area contributed by atoms with Gasteiger partial charge >= 0.3 is 0 Å². The Morgan fingerprint density at radius 3 is 1.06 bits per heavy atom. The maximum atomic E-state index is 2.37. The van der Waals surface area contributed by atoms with E-state index in [2.05, 4.69) is 290 Å². The van der Waals surface area contributed by atoms with Gasteiger partial charge in [-0.05, 0) is 154 Å². The van der Waals surface area contributed by atoms with Gasteiger partial charge in [-0.1, -0.05) is 231 Å². The Morgan fingerprint density at radius 1 is 0.188 bits per heavy atom. The SMILES string of the molecule is c1ccc(-c2cc(-c3ccccc3)cc(-c3ccc(N(c4ccc(-c5ccc(-c6cccc7ccccc67)cc5)cc4)c4ccc(-c5c(-c6ccccc6)ccc6ccccc56)cc4)cc3)c2)cc1. The van der Waals surface area contributed by atoms with E-state index in [9.17, 15) is 0 Å². The smallest absolute Gasteiger partial charge is 0.0462 e. The van der Waals surface area contributed by atoms with Crippen LogP contribution in [0, 0.1) is 0 Å². The summed E-state index contributed by atoms with van der Waals surface area (Å²) in [5.41, 5.74) is 20.1. The largest absolute Gasteiger partial charge is 0.311 e. The summed E-state index contributed by atoms with van der Waals surface area (Å²) in [6.07, 6.45) is 0. The van der Waals surface area contributed by atoms with Crippen LogP contribution in [0.25, 0.3) is 99.4 Å². The van der Waals surface area contributed by atoms with Crippen LogP contribution in [0.15, 0.2) is 285 Å². The molecule has 0 N–H and O–H groups in total. The van der Waals surface area contributed by atoms with Gasteiger partial charge in [0, 0.05) is 17.1 Å². The molecule has 12 rings (SSSR count). The van der Waals surface area contributed by atoms with E-state index in [0.29, 0.717) is 0 Å². The van der Waals surface area contributed by atoms with Gasteiger partial charge in [0.05, 0.1) is 0 Å². The molecule has 0 saturated carbocycles. The van der Waals surface area contributed by atoms with E-state index >= 15 is 0 Å². The molecular formula is C68H47N. The van der Waals surface area contributed by atoms with Gasteiger partial charge in [-0.2, -0.15) is 0 Å². The monoisotopic (exact) mass is 877 g/mol. The number of rotatable bonds is 10. The third kappa shape index (κ3) is 8.28. The van der Waals surface area contributed by atoms with Crippen LogP contribution >= 0.6 is 0 Å². The topological polar surface area (TPSA) is 3.24 Å². The summed E-state index contributed by atoms with van der Waals surface area (Å²) >= 11 is 0. The molecule has 0 spiro atoms. The van der Waals surface area contributed by atoms with Gasteiger partial charge in [0.1, 0.15) is 0 Å². The molecule has 0 atom stereocenters. The highest BCUT2D eigenvalue weighted by Crippen LogP contribution is 2.42. The lowest BCUT2D eigenvalue weighted by atomic mass is 9.89. The van der Waals surface area contributed by atoms with E-state index in [0.717, 1.165) is 22.6 Å². The van der Waals surface area contributed by atoms with Crippen molar-refractivity contribution in [3.63, 3.8) is 0 Å². The first kappa shape index (κ1) is 41.4. The van der Waals surface area contributed by atoms with Crippen LogP contribution in [0.2, 0.25) is 0 Å². The minimum Gasteiger partial charge on any atom is -0.311 e. The van der Waals surface area contributed by atoms with Crippen LogP contribution in [0.1, 0.15) is 0 Å². The van der Waals surface area contributed by atoms with Crippen LogP contribution in [0.5, 0.6) is 0 Å². The van der Waals surface area contributed by atoms with E-state index in [1.54, 1.807) is 0 Å². The van der Waals surface area contributed by atoms with Gasteiger partial charge < -0.3 is 4.90 Å². The van der Waals surface area contributed by atoms with Gasteiger partial charge in [-0.25, -0.2) is 0 Å². The lowest BCUT2D eigenvalue weighted by Crippen LogP contribution is -2.09. The highest BCUT2D eigenvalue weighted by Gasteiger charge is 2.17. The molecule has 0 aliphatic carbocycles. The molecule has 12 aromatic carbocycles. The van der Waals surface area contributed by atoms with Crippen molar-refractivity contribution in [1.29, 1.82) is 0 Å². The summed E-state index contributed by atoms with van der Waals surface area (Å²) < 4.78 is 0. The maximum Gasteiger partial charge on any atom is 0.0462 e. The van der Waals surface area contributed by atoms with Crippen molar-refractivity contribution in [1.82, 2.24) is 0 Å². The molecule has 0 heterocycles. The van der Waals surface area contributed by atoms with Gasteiger partial charge in [0.15, 0.2) is 0 Å². The fourth-order valence-corrected chi connectivity index (χ4v) is 9.98. The van der Waals surface area contributed by atoms with Gasteiger partial charge in [-0.3, -0.25) is 0 Å². The molecule has 324 valence electrons. The fraction of sp³-hybridized carbons (Fsp3) is 0. The standard InChI is InChI=1S/C68H47N/c1-4-15-48(16-5-1)58-45-59(49-17-6-2-7-18-49)47-60(46-58)52-33-40-62(41-34-52)69(61-38-31-51(32-39-61)50-27-29-56(30-28-50)65-26-14-23-53-21-10-12-24-64(53)65)63-42-35-57(36-43-63)68-66-25-13-11-22-55(66)37-44-67(68)54-19-8-3-9-20-54/h1-47H. The number of hydrogen-bond acceptors (Lipinski definition) is 1. The van der Waals surface area contributed by atoms with Crippen molar-refractivity contribution in [3.05, 3.63) is 285 Å². The zero-order valence-corrected chi connectivity index (χ0v) is 38.1. The summed E-state index contributed by atoms with van der Waals surface area (Å²) in [5, 5.41) is 4.99. The molecule has 0 aliphatic heterocycles. The summed E-state index contributed by atoms with van der Waals surface area (Å²) in [4.78, 5) is 2.37. The average molecular weight is 878 g/mol. The van der Waals surface area contributed by atoms with Crippen molar-refractivity contribution in [3.8, 4) is 77.9 Å². The number of fused-ring (bicyclic) bond motifs is 2. The molecule has 0 saturated heterocycles. The first-order valence-electron chi connectivity index (χ1n) is 23.7. The molecule has 1 heteroatoms. The summed E-state index contributed by atoms with van der Waals surface area (Å²) in [6, 6.07) is 104. The quantitative estimate of drug-likeness (QED) is 0.132. The highest BCUT2D eigenvalue weighted by molar-refractivity contribution is 6.04. The Hall–Kier alpha value is -9.04. The van der Waals surface area contributed by atoms with Crippen LogP contribution in [0.3, 0.4) is 0 Å². The molecule has 0 aromatic heterocycles. The fourth-order valence-electron chi connectivity index (χ4n) is 9.98. The van der Waals surface area contributed by atoms with Crippen LogP contribution in [-0.2, 0) is 0 Å². The lowest BCUT2D eigenvalue weighted by molar-refractivity contribution is 1.28. The normalized spacial score (nSPS) is 11.2. The van der Waals surface area contributed by atoms with Crippen molar-refractivity contribution in [2.75, 3.05) is 4.90 Å². The molecule has 1 nitrogen and oxygen atoms in total. The van der Waals surface area contributed by atoms with Gasteiger partial charge in [0.2, 0.25) is 0 Å². The lowest BCUT2D eigenvalue weighted by Gasteiger charge is -2.26. The average Bonchev–Trinajstić information content (AvgIpc) is 3.44. The Labute approximate surface area is 404 Å².